The van der Waals surface area contributed by atoms with Gasteiger partial charge in [-0.15, -0.1) is 0 Å². The highest BCUT2D eigenvalue weighted by atomic mass is 15.3. The van der Waals surface area contributed by atoms with Gasteiger partial charge in [0.05, 0.1) is 0 Å². The van der Waals surface area contributed by atoms with Gasteiger partial charge in [-0.05, 0) is 33.9 Å². The lowest BCUT2D eigenvalue weighted by molar-refractivity contribution is -0.00254. The van der Waals surface area contributed by atoms with Crippen LogP contribution < -0.4 is 5.73 Å². The molecule has 1 unspecified atom stereocenters. The monoisotopic (exact) mass is 199 g/mol. The largest absolute Gasteiger partial charge is 0.329 e. The van der Waals surface area contributed by atoms with Crippen molar-refractivity contribution in [3.63, 3.8) is 0 Å². The lowest BCUT2D eigenvalue weighted by atomic mass is 9.95. The summed E-state index contributed by atoms with van der Waals surface area (Å²) in [5, 5.41) is 0. The Bertz CT molecular complexity index is 179. The standard InChI is InChI=1S/C11H25N3/c1-5-6-14-8-10(7-12)13(4)11(2,3)9-14/h10H,5-9,12H2,1-4H3. The van der Waals surface area contributed by atoms with Crippen molar-refractivity contribution in [1.82, 2.24) is 9.80 Å². The molecule has 0 spiro atoms. The molecule has 1 rings (SSSR count). The van der Waals surface area contributed by atoms with Gasteiger partial charge in [-0.2, -0.15) is 0 Å². The topological polar surface area (TPSA) is 32.5 Å². The molecule has 0 aromatic rings. The summed E-state index contributed by atoms with van der Waals surface area (Å²) in [5.41, 5.74) is 6.07. The quantitative estimate of drug-likeness (QED) is 0.728. The van der Waals surface area contributed by atoms with Gasteiger partial charge in [0.1, 0.15) is 0 Å². The molecular formula is C11H25N3. The summed E-state index contributed by atoms with van der Waals surface area (Å²) in [5.74, 6) is 0. The Balaban J connectivity index is 2.64. The Labute approximate surface area is 88.2 Å². The van der Waals surface area contributed by atoms with Crippen LogP contribution in [-0.4, -0.2) is 54.6 Å². The van der Waals surface area contributed by atoms with Gasteiger partial charge in [-0.3, -0.25) is 9.80 Å². The van der Waals surface area contributed by atoms with E-state index >= 15 is 0 Å². The van der Waals surface area contributed by atoms with E-state index in [0.717, 1.165) is 19.6 Å². The van der Waals surface area contributed by atoms with Crippen LogP contribution >= 0.6 is 0 Å². The zero-order chi connectivity index (χ0) is 10.8. The Morgan fingerprint density at radius 2 is 2.07 bits per heavy atom. The van der Waals surface area contributed by atoms with Gasteiger partial charge >= 0.3 is 0 Å². The van der Waals surface area contributed by atoms with Crippen molar-refractivity contribution >= 4 is 0 Å². The molecule has 1 aliphatic rings. The molecule has 2 N–H and O–H groups in total. The van der Waals surface area contributed by atoms with Crippen LogP contribution in [0.5, 0.6) is 0 Å². The van der Waals surface area contributed by atoms with Gasteiger partial charge in [0, 0.05) is 31.2 Å². The maximum Gasteiger partial charge on any atom is 0.0348 e. The highest BCUT2D eigenvalue weighted by molar-refractivity contribution is 4.94. The highest BCUT2D eigenvalue weighted by Gasteiger charge is 2.36. The van der Waals surface area contributed by atoms with E-state index in [1.54, 1.807) is 0 Å². The van der Waals surface area contributed by atoms with E-state index in [1.165, 1.54) is 13.0 Å². The second-order valence-electron chi connectivity index (χ2n) is 5.05. The van der Waals surface area contributed by atoms with E-state index < -0.39 is 0 Å². The Kier molecular flexibility index (Phi) is 3.93. The van der Waals surface area contributed by atoms with Crippen LogP contribution in [0.15, 0.2) is 0 Å². The number of hydrogen-bond donors (Lipinski definition) is 1. The van der Waals surface area contributed by atoms with Crippen LogP contribution in [0.25, 0.3) is 0 Å². The normalized spacial score (nSPS) is 29.4. The summed E-state index contributed by atoms with van der Waals surface area (Å²) in [6, 6.07) is 0.519. The predicted molar refractivity (Wildman–Crippen MR) is 61.4 cm³/mol. The van der Waals surface area contributed by atoms with E-state index in [2.05, 4.69) is 37.6 Å². The number of nitrogens with zero attached hydrogens (tertiary/aromatic N) is 2. The summed E-state index contributed by atoms with van der Waals surface area (Å²) in [6.45, 7) is 11.1. The Hall–Kier alpha value is -0.120. The Morgan fingerprint density at radius 1 is 1.43 bits per heavy atom. The molecule has 3 heteroatoms. The lowest BCUT2D eigenvalue weighted by Gasteiger charge is -2.50. The van der Waals surface area contributed by atoms with Crippen LogP contribution in [0, 0.1) is 0 Å². The van der Waals surface area contributed by atoms with Crippen molar-refractivity contribution in [3.05, 3.63) is 0 Å². The molecule has 0 aromatic heterocycles. The van der Waals surface area contributed by atoms with Crippen molar-refractivity contribution in [2.24, 2.45) is 5.73 Å². The molecule has 84 valence electrons. The fourth-order valence-electron chi connectivity index (χ4n) is 2.36. The SMILES string of the molecule is CCCN1CC(CN)N(C)C(C)(C)C1. The molecule has 1 aliphatic heterocycles. The average molecular weight is 199 g/mol. The number of piperazine rings is 1. The van der Waals surface area contributed by atoms with Crippen LogP contribution in [0.2, 0.25) is 0 Å². The zero-order valence-electron chi connectivity index (χ0n) is 10.1. The van der Waals surface area contributed by atoms with Gasteiger partial charge in [0.2, 0.25) is 0 Å². The van der Waals surface area contributed by atoms with Gasteiger partial charge in [-0.1, -0.05) is 6.92 Å². The van der Waals surface area contributed by atoms with E-state index in [1.807, 2.05) is 0 Å². The summed E-state index contributed by atoms with van der Waals surface area (Å²) in [6.07, 6.45) is 1.23. The summed E-state index contributed by atoms with van der Waals surface area (Å²) in [7, 11) is 2.20. The van der Waals surface area contributed by atoms with Crippen molar-refractivity contribution in [2.75, 3.05) is 33.2 Å². The van der Waals surface area contributed by atoms with Crippen LogP contribution in [0.1, 0.15) is 27.2 Å². The van der Waals surface area contributed by atoms with Gasteiger partial charge in [0.25, 0.3) is 0 Å². The minimum Gasteiger partial charge on any atom is -0.329 e. The third-order valence-electron chi connectivity index (χ3n) is 3.39. The number of hydrogen-bond acceptors (Lipinski definition) is 3. The fraction of sp³-hybridized carbons (Fsp3) is 1.00. The van der Waals surface area contributed by atoms with Crippen LogP contribution in [-0.2, 0) is 0 Å². The molecule has 3 nitrogen and oxygen atoms in total. The number of likely N-dealkylation sites (N-methyl/N-ethyl adjacent to an activating group) is 1. The molecule has 0 aromatic carbocycles. The molecule has 0 radical (unpaired) electrons. The number of nitrogens with two attached hydrogens (primary N) is 1. The molecule has 0 bridgehead atoms. The van der Waals surface area contributed by atoms with Crippen molar-refractivity contribution in [1.29, 1.82) is 0 Å². The third-order valence-corrected chi connectivity index (χ3v) is 3.39. The minimum absolute atomic E-state index is 0.261. The number of rotatable bonds is 3. The smallest absolute Gasteiger partial charge is 0.0348 e. The average Bonchev–Trinajstić information content (AvgIpc) is 2.11. The Morgan fingerprint density at radius 3 is 2.57 bits per heavy atom. The lowest BCUT2D eigenvalue weighted by Crippen LogP contribution is -2.64. The molecule has 14 heavy (non-hydrogen) atoms. The first-order chi connectivity index (χ1) is 6.51. The maximum atomic E-state index is 5.80. The zero-order valence-corrected chi connectivity index (χ0v) is 10.1. The van der Waals surface area contributed by atoms with Crippen LogP contribution in [0.3, 0.4) is 0 Å². The molecule has 1 saturated heterocycles. The summed E-state index contributed by atoms with van der Waals surface area (Å²) < 4.78 is 0. The predicted octanol–water partition coefficient (Wildman–Crippen LogP) is 0.750. The highest BCUT2D eigenvalue weighted by Crippen LogP contribution is 2.22. The van der Waals surface area contributed by atoms with E-state index in [9.17, 15) is 0 Å². The molecule has 0 amide bonds. The minimum atomic E-state index is 0.261. The second kappa shape index (κ2) is 4.60. The molecular weight excluding hydrogens is 174 g/mol. The van der Waals surface area contributed by atoms with E-state index in [4.69, 9.17) is 5.73 Å². The molecule has 1 atom stereocenters. The van der Waals surface area contributed by atoms with Crippen molar-refractivity contribution in [2.45, 2.75) is 38.8 Å². The summed E-state index contributed by atoms with van der Waals surface area (Å²) >= 11 is 0. The maximum absolute atomic E-state index is 5.80. The molecule has 0 aliphatic carbocycles. The summed E-state index contributed by atoms with van der Waals surface area (Å²) in [4.78, 5) is 4.97. The first-order valence-electron chi connectivity index (χ1n) is 5.66. The van der Waals surface area contributed by atoms with Gasteiger partial charge in [-0.25, -0.2) is 0 Å². The molecule has 0 saturated carbocycles. The van der Waals surface area contributed by atoms with Crippen molar-refractivity contribution in [3.8, 4) is 0 Å². The van der Waals surface area contributed by atoms with Gasteiger partial charge in [0.15, 0.2) is 0 Å². The van der Waals surface area contributed by atoms with Crippen molar-refractivity contribution < 1.29 is 0 Å². The first-order valence-corrected chi connectivity index (χ1v) is 5.66. The van der Waals surface area contributed by atoms with E-state index in [0.29, 0.717) is 6.04 Å². The van der Waals surface area contributed by atoms with Crippen LogP contribution in [0.4, 0.5) is 0 Å². The third kappa shape index (κ3) is 2.47. The second-order valence-corrected chi connectivity index (χ2v) is 5.05. The fourth-order valence-corrected chi connectivity index (χ4v) is 2.36. The molecule has 1 fully saturated rings. The van der Waals surface area contributed by atoms with E-state index in [-0.39, 0.29) is 5.54 Å². The van der Waals surface area contributed by atoms with Gasteiger partial charge < -0.3 is 5.73 Å². The first kappa shape index (κ1) is 12.0. The molecule has 1 heterocycles.